The molecule has 8 nitrogen and oxygen atoms in total. The first kappa shape index (κ1) is 19.6. The van der Waals surface area contributed by atoms with Crippen LogP contribution in [0.25, 0.3) is 0 Å². The van der Waals surface area contributed by atoms with E-state index < -0.39 is 0 Å². The number of piperazine rings is 1. The second-order valence-corrected chi connectivity index (χ2v) is 9.28. The van der Waals surface area contributed by atoms with E-state index in [1.54, 1.807) is 6.20 Å². The van der Waals surface area contributed by atoms with Gasteiger partial charge in [-0.3, -0.25) is 9.69 Å². The maximum Gasteiger partial charge on any atom is 0.410 e. The summed E-state index contributed by atoms with van der Waals surface area (Å²) in [4.78, 5) is 37.8. The maximum absolute atomic E-state index is 12.5. The van der Waals surface area contributed by atoms with Gasteiger partial charge >= 0.3 is 6.09 Å². The minimum atomic E-state index is -0.202. The summed E-state index contributed by atoms with van der Waals surface area (Å²) in [7, 11) is 0. The van der Waals surface area contributed by atoms with E-state index in [0.29, 0.717) is 24.2 Å². The molecule has 1 aliphatic carbocycles. The average Bonchev–Trinajstić information content (AvgIpc) is 3.16. The lowest BCUT2D eigenvalue weighted by Gasteiger charge is -2.36. The average molecular weight is 414 g/mol. The highest BCUT2D eigenvalue weighted by Crippen LogP contribution is 2.46. The van der Waals surface area contributed by atoms with Gasteiger partial charge in [0, 0.05) is 64.0 Å². The first-order valence-corrected chi connectivity index (χ1v) is 11.2. The van der Waals surface area contributed by atoms with Crippen molar-refractivity contribution in [1.29, 1.82) is 0 Å². The molecule has 0 aromatic carbocycles. The Labute approximate surface area is 177 Å². The fourth-order valence-electron chi connectivity index (χ4n) is 4.83. The SMILES string of the molecule is CC(C)N1CCN(C(=O)OC2CCN(c3ccc(C(=O)N4CC5CC54)cn3)C2)CC1. The molecule has 4 fully saturated rings. The molecular formula is C22H31N5O3. The molecule has 4 aliphatic rings. The molecule has 5 rings (SSSR count). The third-order valence-electron chi connectivity index (χ3n) is 7.01. The number of pyridine rings is 1. The number of likely N-dealkylation sites (tertiary alicyclic amines) is 1. The summed E-state index contributed by atoms with van der Waals surface area (Å²) in [6.07, 6.45) is 3.33. The van der Waals surface area contributed by atoms with Crippen LogP contribution in [0.2, 0.25) is 0 Å². The molecule has 162 valence electrons. The van der Waals surface area contributed by atoms with Gasteiger partial charge in [0.25, 0.3) is 5.91 Å². The molecule has 0 spiro atoms. The molecule has 1 saturated carbocycles. The van der Waals surface area contributed by atoms with Crippen molar-refractivity contribution in [2.24, 2.45) is 5.92 Å². The van der Waals surface area contributed by atoms with Crippen LogP contribution in [0.5, 0.6) is 0 Å². The van der Waals surface area contributed by atoms with Crippen molar-refractivity contribution >= 4 is 17.8 Å². The molecule has 3 atom stereocenters. The van der Waals surface area contributed by atoms with Gasteiger partial charge in [0.2, 0.25) is 0 Å². The molecule has 2 amide bonds. The van der Waals surface area contributed by atoms with Crippen LogP contribution < -0.4 is 4.90 Å². The lowest BCUT2D eigenvalue weighted by Crippen LogP contribution is -2.51. The van der Waals surface area contributed by atoms with Gasteiger partial charge in [-0.25, -0.2) is 9.78 Å². The number of ether oxygens (including phenoxy) is 1. The van der Waals surface area contributed by atoms with Crippen molar-refractivity contribution in [2.75, 3.05) is 50.7 Å². The van der Waals surface area contributed by atoms with Crippen molar-refractivity contribution in [3.63, 3.8) is 0 Å². The number of hydrogen-bond donors (Lipinski definition) is 0. The molecule has 30 heavy (non-hydrogen) atoms. The monoisotopic (exact) mass is 413 g/mol. The molecule has 3 unspecified atom stereocenters. The fourth-order valence-corrected chi connectivity index (χ4v) is 4.83. The Hall–Kier alpha value is -2.35. The minimum absolute atomic E-state index is 0.0959. The molecule has 3 saturated heterocycles. The van der Waals surface area contributed by atoms with E-state index in [9.17, 15) is 9.59 Å². The van der Waals surface area contributed by atoms with E-state index in [0.717, 1.165) is 57.4 Å². The summed E-state index contributed by atoms with van der Waals surface area (Å²) >= 11 is 0. The van der Waals surface area contributed by atoms with Crippen molar-refractivity contribution in [1.82, 2.24) is 19.7 Å². The Morgan fingerprint density at radius 1 is 1.10 bits per heavy atom. The van der Waals surface area contributed by atoms with Crippen LogP contribution in [0.4, 0.5) is 10.6 Å². The van der Waals surface area contributed by atoms with E-state index >= 15 is 0 Å². The molecule has 3 aliphatic heterocycles. The van der Waals surface area contributed by atoms with Crippen LogP contribution in [0.15, 0.2) is 18.3 Å². The highest BCUT2D eigenvalue weighted by atomic mass is 16.6. The second kappa shape index (κ2) is 7.72. The molecule has 0 bridgehead atoms. The Balaban J connectivity index is 1.11. The number of carbonyl (C=O) groups excluding carboxylic acids is 2. The lowest BCUT2D eigenvalue weighted by atomic mass is 10.1. The maximum atomic E-state index is 12.5. The summed E-state index contributed by atoms with van der Waals surface area (Å²) in [6.45, 7) is 9.97. The van der Waals surface area contributed by atoms with Crippen molar-refractivity contribution in [3.8, 4) is 0 Å². The zero-order chi connectivity index (χ0) is 20.8. The van der Waals surface area contributed by atoms with Crippen LogP contribution in [0.3, 0.4) is 0 Å². The number of anilines is 1. The second-order valence-electron chi connectivity index (χ2n) is 9.28. The summed E-state index contributed by atoms with van der Waals surface area (Å²) in [5.74, 6) is 1.69. The summed E-state index contributed by atoms with van der Waals surface area (Å²) in [5, 5.41) is 0. The van der Waals surface area contributed by atoms with Gasteiger partial charge < -0.3 is 19.4 Å². The predicted molar refractivity (Wildman–Crippen MR) is 113 cm³/mol. The lowest BCUT2D eigenvalue weighted by molar-refractivity contribution is 0.0474. The molecule has 8 heteroatoms. The Morgan fingerprint density at radius 2 is 1.90 bits per heavy atom. The number of hydrogen-bond acceptors (Lipinski definition) is 6. The minimum Gasteiger partial charge on any atom is -0.444 e. The molecule has 1 aromatic heterocycles. The number of nitrogens with zero attached hydrogens (tertiary/aromatic N) is 5. The zero-order valence-corrected chi connectivity index (χ0v) is 17.9. The van der Waals surface area contributed by atoms with Crippen molar-refractivity contribution < 1.29 is 14.3 Å². The van der Waals surface area contributed by atoms with Crippen LogP contribution in [0.1, 0.15) is 37.0 Å². The van der Waals surface area contributed by atoms with Gasteiger partial charge in [0.05, 0.1) is 12.1 Å². The first-order valence-electron chi connectivity index (χ1n) is 11.2. The summed E-state index contributed by atoms with van der Waals surface area (Å²) < 4.78 is 5.77. The van der Waals surface area contributed by atoms with E-state index in [1.807, 2.05) is 21.9 Å². The van der Waals surface area contributed by atoms with Crippen molar-refractivity contribution in [2.45, 2.75) is 44.9 Å². The smallest absolute Gasteiger partial charge is 0.410 e. The Kier molecular flexibility index (Phi) is 5.05. The van der Waals surface area contributed by atoms with E-state index in [1.165, 1.54) is 6.42 Å². The predicted octanol–water partition coefficient (Wildman–Crippen LogP) is 1.67. The number of fused-ring (bicyclic) bond motifs is 1. The van der Waals surface area contributed by atoms with E-state index in [-0.39, 0.29) is 18.1 Å². The standard InChI is InChI=1S/C22H31N5O3/c1-15(2)24-7-9-25(10-8-24)22(29)30-18-5-6-26(14-18)20-4-3-16(12-23-20)21(28)27-13-17-11-19(17)27/h3-4,12,15,17-19H,5-11,13-14H2,1-2H3. The Bertz CT molecular complexity index is 805. The van der Waals surface area contributed by atoms with Gasteiger partial charge in [0.1, 0.15) is 11.9 Å². The molecule has 0 N–H and O–H groups in total. The highest BCUT2D eigenvalue weighted by Gasteiger charge is 2.54. The van der Waals surface area contributed by atoms with Crippen LogP contribution in [0, 0.1) is 5.92 Å². The molecular weight excluding hydrogens is 382 g/mol. The molecule has 1 aromatic rings. The highest BCUT2D eigenvalue weighted by molar-refractivity contribution is 5.95. The van der Waals surface area contributed by atoms with Gasteiger partial charge in [-0.05, 0) is 38.3 Å². The van der Waals surface area contributed by atoms with Crippen LogP contribution >= 0.6 is 0 Å². The summed E-state index contributed by atoms with van der Waals surface area (Å²) in [6, 6.07) is 4.78. The molecule has 4 heterocycles. The number of amides is 2. The van der Waals surface area contributed by atoms with Crippen LogP contribution in [-0.2, 0) is 4.74 Å². The largest absolute Gasteiger partial charge is 0.444 e. The van der Waals surface area contributed by atoms with Gasteiger partial charge in [0.15, 0.2) is 0 Å². The number of carbonyl (C=O) groups is 2. The van der Waals surface area contributed by atoms with E-state index in [2.05, 4.69) is 28.6 Å². The third kappa shape index (κ3) is 3.73. The number of rotatable bonds is 4. The van der Waals surface area contributed by atoms with Crippen molar-refractivity contribution in [3.05, 3.63) is 23.9 Å². The van der Waals surface area contributed by atoms with Gasteiger partial charge in [-0.2, -0.15) is 0 Å². The van der Waals surface area contributed by atoms with Crippen LogP contribution in [-0.4, -0.2) is 95.7 Å². The summed E-state index contributed by atoms with van der Waals surface area (Å²) in [5.41, 5.74) is 0.659. The van der Waals surface area contributed by atoms with Gasteiger partial charge in [-0.15, -0.1) is 0 Å². The quantitative estimate of drug-likeness (QED) is 0.748. The third-order valence-corrected chi connectivity index (χ3v) is 7.01. The first-order chi connectivity index (χ1) is 14.5. The van der Waals surface area contributed by atoms with Gasteiger partial charge in [-0.1, -0.05) is 0 Å². The Morgan fingerprint density at radius 3 is 2.50 bits per heavy atom. The fraction of sp³-hybridized carbons (Fsp3) is 0.682. The normalized spacial score (nSPS) is 28.4. The number of aromatic nitrogens is 1. The topological polar surface area (TPSA) is 69.2 Å². The zero-order valence-electron chi connectivity index (χ0n) is 17.9. The molecule has 0 radical (unpaired) electrons. The van der Waals surface area contributed by atoms with E-state index in [4.69, 9.17) is 4.74 Å².